The zero-order valence-corrected chi connectivity index (χ0v) is 8.82. The van der Waals surface area contributed by atoms with Crippen molar-refractivity contribution < 1.29 is 9.53 Å². The van der Waals surface area contributed by atoms with Gasteiger partial charge in [0, 0.05) is 12.1 Å². The van der Waals surface area contributed by atoms with E-state index in [0.29, 0.717) is 13.2 Å². The third-order valence-corrected chi connectivity index (χ3v) is 1.89. The molecule has 4 heteroatoms. The summed E-state index contributed by atoms with van der Waals surface area (Å²) in [7, 11) is 0. The van der Waals surface area contributed by atoms with Crippen LogP contribution in [-0.4, -0.2) is 19.1 Å². The third kappa shape index (κ3) is 3.99. The number of para-hydroxylation sites is 1. The largest absolute Gasteiger partial charge is 0.494 e. The molecule has 1 aromatic carbocycles. The lowest BCUT2D eigenvalue weighted by atomic mass is 10.2. The standard InChI is InChI=1S/C11H16N2O2/c1-2-15-10-6-4-3-5-9(10)7-13-8-11(12)14/h3-6,13H,2,7-8H2,1H3,(H2,12,14). The van der Waals surface area contributed by atoms with Gasteiger partial charge in [-0.25, -0.2) is 0 Å². The molecule has 0 fully saturated rings. The SMILES string of the molecule is CCOc1ccccc1CNCC(N)=O. The molecule has 0 spiro atoms. The normalized spacial score (nSPS) is 9.93. The zero-order chi connectivity index (χ0) is 11.1. The van der Waals surface area contributed by atoms with E-state index in [1.54, 1.807) is 0 Å². The van der Waals surface area contributed by atoms with Crippen LogP contribution in [0.2, 0.25) is 0 Å². The van der Waals surface area contributed by atoms with E-state index in [2.05, 4.69) is 5.32 Å². The van der Waals surface area contributed by atoms with Gasteiger partial charge in [-0.1, -0.05) is 18.2 Å². The average Bonchev–Trinajstić information content (AvgIpc) is 2.20. The van der Waals surface area contributed by atoms with Gasteiger partial charge in [-0.2, -0.15) is 0 Å². The van der Waals surface area contributed by atoms with E-state index in [-0.39, 0.29) is 12.5 Å². The van der Waals surface area contributed by atoms with Crippen molar-refractivity contribution in [3.8, 4) is 5.75 Å². The van der Waals surface area contributed by atoms with Crippen LogP contribution in [0.3, 0.4) is 0 Å². The minimum atomic E-state index is -0.358. The molecule has 3 N–H and O–H groups in total. The molecule has 1 aromatic rings. The molecule has 4 nitrogen and oxygen atoms in total. The summed E-state index contributed by atoms with van der Waals surface area (Å²) in [6, 6.07) is 7.72. The molecule has 0 bridgehead atoms. The molecular formula is C11H16N2O2. The van der Waals surface area contributed by atoms with Crippen LogP contribution in [0.1, 0.15) is 12.5 Å². The highest BCUT2D eigenvalue weighted by Crippen LogP contribution is 2.17. The molecule has 15 heavy (non-hydrogen) atoms. The highest BCUT2D eigenvalue weighted by molar-refractivity contribution is 5.75. The maximum atomic E-state index is 10.5. The van der Waals surface area contributed by atoms with Crippen LogP contribution in [0.4, 0.5) is 0 Å². The second-order valence-corrected chi connectivity index (χ2v) is 3.11. The molecule has 0 aliphatic heterocycles. The Morgan fingerprint density at radius 1 is 1.47 bits per heavy atom. The Balaban J connectivity index is 2.55. The minimum Gasteiger partial charge on any atom is -0.494 e. The molecule has 1 amide bonds. The Morgan fingerprint density at radius 3 is 2.87 bits per heavy atom. The van der Waals surface area contributed by atoms with Gasteiger partial charge >= 0.3 is 0 Å². The first-order chi connectivity index (χ1) is 7.24. The van der Waals surface area contributed by atoms with Crippen molar-refractivity contribution in [2.24, 2.45) is 5.73 Å². The summed E-state index contributed by atoms with van der Waals surface area (Å²) in [6.07, 6.45) is 0. The number of hydrogen-bond acceptors (Lipinski definition) is 3. The van der Waals surface area contributed by atoms with Crippen LogP contribution < -0.4 is 15.8 Å². The summed E-state index contributed by atoms with van der Waals surface area (Å²) >= 11 is 0. The number of rotatable bonds is 6. The van der Waals surface area contributed by atoms with Gasteiger partial charge in [0.25, 0.3) is 0 Å². The Kier molecular flexibility index (Phi) is 4.63. The number of ether oxygens (including phenoxy) is 1. The lowest BCUT2D eigenvalue weighted by molar-refractivity contribution is -0.117. The molecule has 0 saturated heterocycles. The molecule has 0 unspecified atom stereocenters. The highest BCUT2D eigenvalue weighted by atomic mass is 16.5. The lowest BCUT2D eigenvalue weighted by Crippen LogP contribution is -2.28. The van der Waals surface area contributed by atoms with Gasteiger partial charge in [-0.15, -0.1) is 0 Å². The van der Waals surface area contributed by atoms with Gasteiger partial charge in [0.15, 0.2) is 0 Å². The predicted molar refractivity (Wildman–Crippen MR) is 58.5 cm³/mol. The first kappa shape index (κ1) is 11.5. The van der Waals surface area contributed by atoms with Crippen molar-refractivity contribution in [1.29, 1.82) is 0 Å². The van der Waals surface area contributed by atoms with E-state index in [1.807, 2.05) is 31.2 Å². The van der Waals surface area contributed by atoms with Gasteiger partial charge in [0.1, 0.15) is 5.75 Å². The Morgan fingerprint density at radius 2 is 2.20 bits per heavy atom. The van der Waals surface area contributed by atoms with Crippen LogP contribution in [0.15, 0.2) is 24.3 Å². The molecule has 0 saturated carbocycles. The van der Waals surface area contributed by atoms with Crippen LogP contribution in [0.5, 0.6) is 5.75 Å². The predicted octanol–water partition coefficient (Wildman–Crippen LogP) is 0.660. The van der Waals surface area contributed by atoms with Crippen molar-refractivity contribution in [3.05, 3.63) is 29.8 Å². The van der Waals surface area contributed by atoms with E-state index >= 15 is 0 Å². The van der Waals surface area contributed by atoms with E-state index in [0.717, 1.165) is 11.3 Å². The fraction of sp³-hybridized carbons (Fsp3) is 0.364. The van der Waals surface area contributed by atoms with E-state index in [4.69, 9.17) is 10.5 Å². The molecule has 0 aromatic heterocycles. The fourth-order valence-electron chi connectivity index (χ4n) is 1.27. The first-order valence-corrected chi connectivity index (χ1v) is 4.93. The van der Waals surface area contributed by atoms with Crippen molar-refractivity contribution in [2.75, 3.05) is 13.2 Å². The summed E-state index contributed by atoms with van der Waals surface area (Å²) in [5, 5.41) is 2.95. The lowest BCUT2D eigenvalue weighted by Gasteiger charge is -2.09. The van der Waals surface area contributed by atoms with Crippen LogP contribution in [-0.2, 0) is 11.3 Å². The number of nitrogens with one attached hydrogen (secondary N) is 1. The maximum Gasteiger partial charge on any atom is 0.231 e. The number of hydrogen-bond donors (Lipinski definition) is 2. The van der Waals surface area contributed by atoms with Crippen molar-refractivity contribution in [3.63, 3.8) is 0 Å². The third-order valence-electron chi connectivity index (χ3n) is 1.89. The van der Waals surface area contributed by atoms with Gasteiger partial charge in [0.05, 0.1) is 13.2 Å². The molecule has 0 radical (unpaired) electrons. The Labute approximate surface area is 89.4 Å². The van der Waals surface area contributed by atoms with E-state index in [1.165, 1.54) is 0 Å². The van der Waals surface area contributed by atoms with Gasteiger partial charge in [-0.05, 0) is 13.0 Å². The van der Waals surface area contributed by atoms with Crippen molar-refractivity contribution in [1.82, 2.24) is 5.32 Å². The van der Waals surface area contributed by atoms with Crippen LogP contribution in [0, 0.1) is 0 Å². The summed E-state index contributed by atoms with van der Waals surface area (Å²) in [5.41, 5.74) is 6.05. The molecule has 1 rings (SSSR count). The number of carbonyl (C=O) groups is 1. The monoisotopic (exact) mass is 208 g/mol. The molecule has 0 aliphatic rings. The summed E-state index contributed by atoms with van der Waals surface area (Å²) in [6.45, 7) is 3.33. The van der Waals surface area contributed by atoms with E-state index in [9.17, 15) is 4.79 Å². The van der Waals surface area contributed by atoms with Crippen molar-refractivity contribution >= 4 is 5.91 Å². The average molecular weight is 208 g/mol. The van der Waals surface area contributed by atoms with Gasteiger partial charge in [0.2, 0.25) is 5.91 Å². The maximum absolute atomic E-state index is 10.5. The molecular weight excluding hydrogens is 192 g/mol. The first-order valence-electron chi connectivity index (χ1n) is 4.93. The number of amides is 1. The number of carbonyl (C=O) groups excluding carboxylic acids is 1. The molecule has 0 heterocycles. The Bertz CT molecular complexity index is 326. The summed E-state index contributed by atoms with van der Waals surface area (Å²) in [5.74, 6) is 0.487. The Hall–Kier alpha value is -1.55. The summed E-state index contributed by atoms with van der Waals surface area (Å²) < 4.78 is 5.44. The topological polar surface area (TPSA) is 64.3 Å². The second kappa shape index (κ2) is 6.03. The van der Waals surface area contributed by atoms with E-state index < -0.39 is 0 Å². The van der Waals surface area contributed by atoms with Gasteiger partial charge in [-0.3, -0.25) is 4.79 Å². The quantitative estimate of drug-likeness (QED) is 0.721. The highest BCUT2D eigenvalue weighted by Gasteiger charge is 2.01. The van der Waals surface area contributed by atoms with Crippen LogP contribution >= 0.6 is 0 Å². The van der Waals surface area contributed by atoms with Crippen molar-refractivity contribution in [2.45, 2.75) is 13.5 Å². The van der Waals surface area contributed by atoms with Gasteiger partial charge < -0.3 is 15.8 Å². The molecule has 82 valence electrons. The number of primary amides is 1. The number of nitrogens with two attached hydrogens (primary N) is 1. The fourth-order valence-corrected chi connectivity index (χ4v) is 1.27. The molecule has 0 atom stereocenters. The second-order valence-electron chi connectivity index (χ2n) is 3.11. The smallest absolute Gasteiger partial charge is 0.231 e. The minimum absolute atomic E-state index is 0.181. The number of benzene rings is 1. The van der Waals surface area contributed by atoms with Crippen LogP contribution in [0.25, 0.3) is 0 Å². The zero-order valence-electron chi connectivity index (χ0n) is 8.82. The summed E-state index contributed by atoms with van der Waals surface area (Å²) in [4.78, 5) is 10.5. The molecule has 0 aliphatic carbocycles.